The highest BCUT2D eigenvalue weighted by Gasteiger charge is 2.18. The van der Waals surface area contributed by atoms with Gasteiger partial charge in [-0.3, -0.25) is 0 Å². The van der Waals surface area contributed by atoms with Crippen LogP contribution in [0.3, 0.4) is 0 Å². The third-order valence-corrected chi connectivity index (χ3v) is 4.75. The quantitative estimate of drug-likeness (QED) is 0.814. The third-order valence-electron chi connectivity index (χ3n) is 3.33. The number of benzene rings is 1. The van der Waals surface area contributed by atoms with Crippen molar-refractivity contribution >= 4 is 16.0 Å². The predicted octanol–water partition coefficient (Wildman–Crippen LogP) is 2.02. The van der Waals surface area contributed by atoms with Gasteiger partial charge < -0.3 is 5.11 Å². The lowest BCUT2D eigenvalue weighted by Gasteiger charge is -2.18. The molecule has 1 aromatic rings. The minimum Gasteiger partial charge on any atom is -0.478 e. The normalized spacial score (nSPS) is 18.9. The largest absolute Gasteiger partial charge is 0.478 e. The van der Waals surface area contributed by atoms with E-state index in [0.29, 0.717) is 12.5 Å². The van der Waals surface area contributed by atoms with Crippen LogP contribution in [0.25, 0.3) is 0 Å². The van der Waals surface area contributed by atoms with Crippen LogP contribution in [0.15, 0.2) is 41.3 Å². The van der Waals surface area contributed by atoms with E-state index in [0.717, 1.165) is 19.3 Å². The SMILES string of the molecule is O=C(O)c1cccc(S(=O)(=O)NCC2CC=CCC2)c1. The molecule has 1 unspecified atom stereocenters. The molecule has 0 spiro atoms. The molecule has 0 aliphatic heterocycles. The zero-order chi connectivity index (χ0) is 14.6. The summed E-state index contributed by atoms with van der Waals surface area (Å²) >= 11 is 0. The van der Waals surface area contributed by atoms with Gasteiger partial charge in [0.05, 0.1) is 10.5 Å². The van der Waals surface area contributed by atoms with Crippen molar-refractivity contribution in [2.45, 2.75) is 24.2 Å². The van der Waals surface area contributed by atoms with Gasteiger partial charge in [-0.25, -0.2) is 17.9 Å². The van der Waals surface area contributed by atoms with Gasteiger partial charge in [-0.1, -0.05) is 18.2 Å². The molecule has 0 saturated carbocycles. The zero-order valence-electron chi connectivity index (χ0n) is 11.0. The van der Waals surface area contributed by atoms with Crippen molar-refractivity contribution in [3.8, 4) is 0 Å². The number of carbonyl (C=O) groups is 1. The Morgan fingerprint density at radius 2 is 2.15 bits per heavy atom. The number of nitrogens with one attached hydrogen (secondary N) is 1. The topological polar surface area (TPSA) is 83.5 Å². The van der Waals surface area contributed by atoms with Crippen molar-refractivity contribution in [3.63, 3.8) is 0 Å². The van der Waals surface area contributed by atoms with E-state index < -0.39 is 16.0 Å². The van der Waals surface area contributed by atoms with Crippen molar-refractivity contribution in [3.05, 3.63) is 42.0 Å². The Bertz CT molecular complexity index is 622. The lowest BCUT2D eigenvalue weighted by atomic mass is 9.95. The van der Waals surface area contributed by atoms with Crippen molar-refractivity contribution < 1.29 is 18.3 Å². The van der Waals surface area contributed by atoms with E-state index in [-0.39, 0.29) is 10.5 Å². The Hall–Kier alpha value is -1.66. The lowest BCUT2D eigenvalue weighted by Crippen LogP contribution is -2.30. The number of sulfonamides is 1. The molecule has 1 aromatic carbocycles. The summed E-state index contributed by atoms with van der Waals surface area (Å²) in [6.07, 6.45) is 6.97. The maximum atomic E-state index is 12.1. The molecular formula is C14H17NO4S. The minimum atomic E-state index is -3.65. The van der Waals surface area contributed by atoms with Crippen LogP contribution >= 0.6 is 0 Å². The van der Waals surface area contributed by atoms with Crippen LogP contribution in [0, 0.1) is 5.92 Å². The minimum absolute atomic E-state index is 0.0104. The number of hydrogen-bond acceptors (Lipinski definition) is 3. The van der Waals surface area contributed by atoms with E-state index in [9.17, 15) is 13.2 Å². The first-order chi connectivity index (χ1) is 9.49. The molecule has 0 radical (unpaired) electrons. The van der Waals surface area contributed by atoms with Crippen molar-refractivity contribution in [2.75, 3.05) is 6.54 Å². The molecule has 1 aliphatic rings. The molecule has 1 atom stereocenters. The number of carboxylic acids is 1. The first-order valence-corrected chi connectivity index (χ1v) is 7.95. The second-order valence-electron chi connectivity index (χ2n) is 4.84. The van der Waals surface area contributed by atoms with Crippen LogP contribution in [-0.2, 0) is 10.0 Å². The summed E-state index contributed by atoms with van der Waals surface area (Å²) in [7, 11) is -3.65. The highest BCUT2D eigenvalue weighted by molar-refractivity contribution is 7.89. The fraction of sp³-hybridized carbons (Fsp3) is 0.357. The van der Waals surface area contributed by atoms with E-state index in [1.165, 1.54) is 24.3 Å². The fourth-order valence-corrected chi connectivity index (χ4v) is 3.31. The van der Waals surface area contributed by atoms with E-state index in [2.05, 4.69) is 16.9 Å². The molecule has 0 fully saturated rings. The highest BCUT2D eigenvalue weighted by Crippen LogP contribution is 2.18. The molecule has 20 heavy (non-hydrogen) atoms. The molecule has 1 aliphatic carbocycles. The predicted molar refractivity (Wildman–Crippen MR) is 75.1 cm³/mol. The Morgan fingerprint density at radius 1 is 1.35 bits per heavy atom. The summed E-state index contributed by atoms with van der Waals surface area (Å²) in [5.74, 6) is -0.836. The van der Waals surface area contributed by atoms with Gasteiger partial charge in [0.25, 0.3) is 0 Å². The first kappa shape index (κ1) is 14.7. The molecule has 2 rings (SSSR count). The summed E-state index contributed by atoms with van der Waals surface area (Å²) in [5, 5.41) is 8.89. The fourth-order valence-electron chi connectivity index (χ4n) is 2.15. The number of carboxylic acid groups (broad SMARTS) is 1. The first-order valence-electron chi connectivity index (χ1n) is 6.47. The number of hydrogen-bond donors (Lipinski definition) is 2. The molecule has 0 saturated heterocycles. The van der Waals surface area contributed by atoms with Gasteiger partial charge in [-0.2, -0.15) is 0 Å². The monoisotopic (exact) mass is 295 g/mol. The second-order valence-corrected chi connectivity index (χ2v) is 6.60. The van der Waals surface area contributed by atoms with Crippen LogP contribution in [0.5, 0.6) is 0 Å². The summed E-state index contributed by atoms with van der Waals surface area (Å²) in [4.78, 5) is 10.9. The van der Waals surface area contributed by atoms with Gasteiger partial charge in [0.2, 0.25) is 10.0 Å². The molecule has 5 nitrogen and oxygen atoms in total. The van der Waals surface area contributed by atoms with Gasteiger partial charge in [0.15, 0.2) is 0 Å². The zero-order valence-corrected chi connectivity index (χ0v) is 11.8. The van der Waals surface area contributed by atoms with Gasteiger partial charge in [-0.05, 0) is 43.4 Å². The average Bonchev–Trinajstić information content (AvgIpc) is 2.46. The van der Waals surface area contributed by atoms with Crippen LogP contribution in [0.2, 0.25) is 0 Å². The molecule has 108 valence electrons. The summed E-state index contributed by atoms with van der Waals surface area (Å²) in [6.45, 7) is 0.379. The Labute approximate surface area is 118 Å². The van der Waals surface area contributed by atoms with Crippen LogP contribution in [0.1, 0.15) is 29.6 Å². The molecule has 0 aromatic heterocycles. The summed E-state index contributed by atoms with van der Waals surface area (Å²) < 4.78 is 26.8. The van der Waals surface area contributed by atoms with Gasteiger partial charge in [-0.15, -0.1) is 0 Å². The van der Waals surface area contributed by atoms with Crippen molar-refractivity contribution in [2.24, 2.45) is 5.92 Å². The van der Waals surface area contributed by atoms with E-state index >= 15 is 0 Å². The standard InChI is InChI=1S/C14H17NO4S/c16-14(17)12-7-4-8-13(9-12)20(18,19)15-10-11-5-2-1-3-6-11/h1-2,4,7-9,11,15H,3,5-6,10H2,(H,16,17). The highest BCUT2D eigenvalue weighted by atomic mass is 32.2. The van der Waals surface area contributed by atoms with Gasteiger partial charge >= 0.3 is 5.97 Å². The maximum Gasteiger partial charge on any atom is 0.335 e. The Kier molecular flexibility index (Phi) is 4.57. The van der Waals surface area contributed by atoms with E-state index in [1.54, 1.807) is 0 Å². The number of allylic oxidation sites excluding steroid dienone is 2. The third kappa shape index (κ3) is 3.68. The Balaban J connectivity index is 2.07. The average molecular weight is 295 g/mol. The van der Waals surface area contributed by atoms with Crippen molar-refractivity contribution in [1.82, 2.24) is 4.72 Å². The smallest absolute Gasteiger partial charge is 0.335 e. The summed E-state index contributed by atoms with van der Waals surface area (Å²) in [6, 6.07) is 5.37. The molecule has 2 N–H and O–H groups in total. The molecule has 0 amide bonds. The van der Waals surface area contributed by atoms with E-state index in [1.807, 2.05) is 0 Å². The van der Waals surface area contributed by atoms with E-state index in [4.69, 9.17) is 5.11 Å². The van der Waals surface area contributed by atoms with Crippen LogP contribution in [0.4, 0.5) is 0 Å². The van der Waals surface area contributed by atoms with Gasteiger partial charge in [0, 0.05) is 6.54 Å². The molecule has 0 heterocycles. The van der Waals surface area contributed by atoms with Crippen LogP contribution in [-0.4, -0.2) is 26.0 Å². The Morgan fingerprint density at radius 3 is 2.80 bits per heavy atom. The molecule has 6 heteroatoms. The summed E-state index contributed by atoms with van der Waals surface area (Å²) in [5.41, 5.74) is -0.0338. The number of rotatable bonds is 5. The van der Waals surface area contributed by atoms with Crippen molar-refractivity contribution in [1.29, 1.82) is 0 Å². The molecular weight excluding hydrogens is 278 g/mol. The van der Waals surface area contributed by atoms with Crippen LogP contribution < -0.4 is 4.72 Å². The van der Waals surface area contributed by atoms with Gasteiger partial charge in [0.1, 0.15) is 0 Å². The number of aromatic carboxylic acids is 1. The molecule has 0 bridgehead atoms. The second kappa shape index (κ2) is 6.19. The maximum absolute atomic E-state index is 12.1. The lowest BCUT2D eigenvalue weighted by molar-refractivity contribution is 0.0696.